The molecule has 0 aromatic carbocycles. The lowest BCUT2D eigenvalue weighted by Gasteiger charge is -2.11. The number of carbonyl (C=O) groups is 1. The van der Waals surface area contributed by atoms with Gasteiger partial charge >= 0.3 is 0 Å². The van der Waals surface area contributed by atoms with Gasteiger partial charge in [-0.3, -0.25) is 10.1 Å². The maximum absolute atomic E-state index is 10.6. The van der Waals surface area contributed by atoms with E-state index in [2.05, 4.69) is 5.32 Å². The lowest BCUT2D eigenvalue weighted by molar-refractivity contribution is -0.125. The van der Waals surface area contributed by atoms with E-state index in [1.165, 1.54) is 0 Å². The quantitative estimate of drug-likeness (QED) is 0.462. The van der Waals surface area contributed by atoms with Gasteiger partial charge < -0.3 is 4.90 Å². The van der Waals surface area contributed by atoms with E-state index >= 15 is 0 Å². The fourth-order valence-electron chi connectivity index (χ4n) is 0.628. The van der Waals surface area contributed by atoms with Crippen LogP contribution in [0.5, 0.6) is 0 Å². The summed E-state index contributed by atoms with van der Waals surface area (Å²) in [6.07, 6.45) is 0.940. The highest BCUT2D eigenvalue weighted by Gasteiger charge is 2.23. The number of likely N-dealkylation sites (N-methyl/N-ethyl adjacent to an activating group) is 1. The minimum absolute atomic E-state index is 0.141. The number of rotatable bonds is 0. The molecule has 1 fully saturated rings. The molecule has 0 bridgehead atoms. The van der Waals surface area contributed by atoms with E-state index in [0.29, 0.717) is 6.54 Å². The Hall–Kier alpha value is -0.570. The Bertz CT molecular complexity index is 113. The second-order valence-electron chi connectivity index (χ2n) is 1.89. The lowest BCUT2D eigenvalue weighted by Crippen LogP contribution is -2.22. The van der Waals surface area contributed by atoms with E-state index in [0.717, 1.165) is 6.17 Å². The maximum atomic E-state index is 10.6. The van der Waals surface area contributed by atoms with Gasteiger partial charge in [0.2, 0.25) is 5.91 Å². The van der Waals surface area contributed by atoms with Crippen molar-refractivity contribution in [3.8, 4) is 0 Å². The summed E-state index contributed by atoms with van der Waals surface area (Å²) in [5.41, 5.74) is 0. The molecule has 1 amide bonds. The van der Waals surface area contributed by atoms with Crippen molar-refractivity contribution in [1.82, 2.24) is 10.2 Å². The van der Waals surface area contributed by atoms with Gasteiger partial charge in [-0.2, -0.15) is 0 Å². The van der Waals surface area contributed by atoms with Crippen LogP contribution in [0.4, 0.5) is 0 Å². The Labute approximate surface area is 48.7 Å². The average molecular weight is 113 g/mol. The summed E-state index contributed by atoms with van der Waals surface area (Å²) in [5, 5.41) is 2.91. The number of nitrogens with one attached hydrogen (secondary N) is 1. The zero-order valence-corrected chi connectivity index (χ0v) is 5.06. The van der Waals surface area contributed by atoms with Crippen LogP contribution >= 0.6 is 0 Å². The predicted molar refractivity (Wildman–Crippen MR) is 29.7 cm³/mol. The third-order valence-corrected chi connectivity index (χ3v) is 1.37. The molecule has 1 saturated heterocycles. The Morgan fingerprint density at radius 3 is 2.50 bits per heavy atom. The van der Waals surface area contributed by atoms with Crippen molar-refractivity contribution in [3.63, 3.8) is 0 Å². The molecule has 45 valence electrons. The predicted octanol–water partition coefficient (Wildman–Crippen LogP) is -0.443. The highest BCUT2D eigenvalue weighted by atomic mass is 16.2. The maximum Gasteiger partial charge on any atom is 0.237 e. The molecule has 1 aliphatic heterocycles. The topological polar surface area (TPSA) is 32.3 Å². The summed E-state index contributed by atoms with van der Waals surface area (Å²) in [7, 11) is 1.76. The van der Waals surface area contributed by atoms with Crippen molar-refractivity contribution in [2.75, 3.05) is 13.6 Å². The molecule has 0 saturated carbocycles. The van der Waals surface area contributed by atoms with Crippen molar-refractivity contribution in [2.45, 2.75) is 6.92 Å². The zero-order chi connectivity index (χ0) is 6.15. The summed E-state index contributed by atoms with van der Waals surface area (Å²) in [5.74, 6) is 0.141. The molecule has 1 heterocycles. The Balaban J connectivity index is 2.56. The van der Waals surface area contributed by atoms with Crippen LogP contribution in [-0.2, 0) is 4.79 Å². The highest BCUT2D eigenvalue weighted by molar-refractivity contribution is 5.81. The first-order chi connectivity index (χ1) is 3.72. The van der Waals surface area contributed by atoms with Gasteiger partial charge in [0.1, 0.15) is 6.17 Å². The number of hydrogen-bond acceptors (Lipinski definition) is 2. The van der Waals surface area contributed by atoms with Gasteiger partial charge in [-0.1, -0.05) is 0 Å². The third-order valence-electron chi connectivity index (χ3n) is 1.37. The number of hydrogen-bond donors (Lipinski definition) is 1. The van der Waals surface area contributed by atoms with Crippen LogP contribution < -0.4 is 5.32 Å². The molecule has 0 spiro atoms. The smallest absolute Gasteiger partial charge is 0.237 e. The Morgan fingerprint density at radius 1 is 1.75 bits per heavy atom. The van der Waals surface area contributed by atoms with Crippen LogP contribution in [0.15, 0.2) is 0 Å². The summed E-state index contributed by atoms with van der Waals surface area (Å²) >= 11 is 0. The van der Waals surface area contributed by atoms with Crippen LogP contribution in [-0.4, -0.2) is 24.4 Å². The second kappa shape index (κ2) is 1.74. The molecule has 0 unspecified atom stereocenters. The van der Waals surface area contributed by atoms with Gasteiger partial charge in [-0.15, -0.1) is 0 Å². The summed E-state index contributed by atoms with van der Waals surface area (Å²) in [6, 6.07) is 0. The van der Waals surface area contributed by atoms with Gasteiger partial charge in [-0.05, 0) is 6.92 Å². The van der Waals surface area contributed by atoms with Crippen LogP contribution in [0.2, 0.25) is 0 Å². The van der Waals surface area contributed by atoms with E-state index < -0.39 is 0 Å². The number of nitrogens with zero attached hydrogens (tertiary/aromatic N) is 1. The number of carbonyl (C=O) groups excluding carboxylic acids is 1. The van der Waals surface area contributed by atoms with Crippen molar-refractivity contribution >= 4 is 5.91 Å². The molecule has 3 heteroatoms. The number of amides is 1. The van der Waals surface area contributed by atoms with Crippen LogP contribution in [0.25, 0.3) is 0 Å². The lowest BCUT2D eigenvalue weighted by atomic mass is 10.5. The van der Waals surface area contributed by atoms with Gasteiger partial charge in [0.15, 0.2) is 0 Å². The highest BCUT2D eigenvalue weighted by Crippen LogP contribution is 2.05. The molecular weight excluding hydrogens is 104 g/mol. The molecule has 0 aromatic heterocycles. The largest absolute Gasteiger partial charge is 0.323 e. The molecule has 1 aliphatic rings. The molecule has 1 rings (SSSR count). The molecule has 1 N–H and O–H groups in total. The summed E-state index contributed by atoms with van der Waals surface area (Å²) < 4.78 is 0. The molecule has 0 atom stereocenters. The van der Waals surface area contributed by atoms with E-state index in [9.17, 15) is 4.79 Å². The molecule has 0 aliphatic carbocycles. The molecule has 3 nitrogen and oxygen atoms in total. The Kier molecular flexibility index (Phi) is 1.21. The summed E-state index contributed by atoms with van der Waals surface area (Å²) in [4.78, 5) is 12.2. The average Bonchev–Trinajstić information content (AvgIpc) is 1.98. The van der Waals surface area contributed by atoms with Crippen molar-refractivity contribution in [1.29, 1.82) is 0 Å². The fraction of sp³-hybridized carbons (Fsp3) is 0.600. The monoisotopic (exact) mass is 113 g/mol. The molecular formula is C5H9N2O. The molecule has 0 aromatic rings. The van der Waals surface area contributed by atoms with Crippen molar-refractivity contribution < 1.29 is 4.79 Å². The second-order valence-corrected chi connectivity index (χ2v) is 1.89. The van der Waals surface area contributed by atoms with Crippen molar-refractivity contribution in [3.05, 3.63) is 6.17 Å². The van der Waals surface area contributed by atoms with Crippen molar-refractivity contribution in [2.24, 2.45) is 0 Å². The standard InChI is InChI=1S/C5H9N2O/c1-4-6-3-5(8)7(4)2/h6H,3H2,1-2H3. The first-order valence-electron chi connectivity index (χ1n) is 2.56. The molecule has 1 radical (unpaired) electrons. The van der Waals surface area contributed by atoms with Crippen LogP contribution in [0.1, 0.15) is 6.92 Å². The zero-order valence-electron chi connectivity index (χ0n) is 5.06. The third kappa shape index (κ3) is 0.690. The van der Waals surface area contributed by atoms with E-state index in [1.807, 2.05) is 6.92 Å². The molecule has 8 heavy (non-hydrogen) atoms. The van der Waals surface area contributed by atoms with Gasteiger partial charge in [0, 0.05) is 7.05 Å². The first-order valence-corrected chi connectivity index (χ1v) is 2.56. The fourth-order valence-corrected chi connectivity index (χ4v) is 0.628. The first kappa shape index (κ1) is 5.56. The van der Waals surface area contributed by atoms with Gasteiger partial charge in [0.25, 0.3) is 0 Å². The minimum Gasteiger partial charge on any atom is -0.323 e. The van der Waals surface area contributed by atoms with Crippen LogP contribution in [0.3, 0.4) is 0 Å². The Morgan fingerprint density at radius 2 is 2.38 bits per heavy atom. The van der Waals surface area contributed by atoms with Gasteiger partial charge in [0.05, 0.1) is 6.54 Å². The van der Waals surface area contributed by atoms with E-state index in [1.54, 1.807) is 11.9 Å². The van der Waals surface area contributed by atoms with Crippen LogP contribution in [0, 0.1) is 6.17 Å². The minimum atomic E-state index is 0.141. The SMILES string of the molecule is C[C]1NCC(=O)N1C. The van der Waals surface area contributed by atoms with E-state index in [4.69, 9.17) is 0 Å². The van der Waals surface area contributed by atoms with E-state index in [-0.39, 0.29) is 5.91 Å². The summed E-state index contributed by atoms with van der Waals surface area (Å²) in [6.45, 7) is 2.34. The van der Waals surface area contributed by atoms with Gasteiger partial charge in [-0.25, -0.2) is 0 Å². The normalized spacial score (nSPS) is 22.8.